The Morgan fingerprint density at radius 2 is 1.95 bits per heavy atom. The number of sulfonamides is 1. The van der Waals surface area contributed by atoms with Crippen LogP contribution in [-0.4, -0.2) is 39.9 Å². The summed E-state index contributed by atoms with van der Waals surface area (Å²) in [6.45, 7) is -0.387. The van der Waals surface area contributed by atoms with Gasteiger partial charge in [0.25, 0.3) is 0 Å². The first-order valence-corrected chi connectivity index (χ1v) is 7.07. The lowest BCUT2D eigenvalue weighted by molar-refractivity contribution is 0.158. The van der Waals surface area contributed by atoms with E-state index in [0.717, 1.165) is 0 Å². The summed E-state index contributed by atoms with van der Waals surface area (Å²) >= 11 is 0. The Morgan fingerprint density at radius 3 is 2.50 bits per heavy atom. The lowest BCUT2D eigenvalue weighted by atomic mass is 10.2. The van der Waals surface area contributed by atoms with Crippen molar-refractivity contribution in [1.82, 2.24) is 4.72 Å². The van der Waals surface area contributed by atoms with Crippen molar-refractivity contribution >= 4 is 10.0 Å². The van der Waals surface area contributed by atoms with Gasteiger partial charge >= 0.3 is 0 Å². The summed E-state index contributed by atoms with van der Waals surface area (Å²) < 4.78 is 69.9. The molecule has 1 aromatic rings. The second-order valence-corrected chi connectivity index (χ2v) is 5.64. The molecule has 0 heterocycles. The van der Waals surface area contributed by atoms with E-state index in [9.17, 15) is 21.6 Å². The van der Waals surface area contributed by atoms with Crippen molar-refractivity contribution in [3.05, 3.63) is 29.6 Å². The normalized spacial score (nSPS) is 13.4. The van der Waals surface area contributed by atoms with Crippen molar-refractivity contribution < 1.29 is 31.4 Å². The molecular formula is C11H14F3NO4S. The van der Waals surface area contributed by atoms with E-state index in [1.165, 1.54) is 7.11 Å². The van der Waals surface area contributed by atoms with Gasteiger partial charge in [-0.15, -0.1) is 0 Å². The first kappa shape index (κ1) is 16.9. The Bertz CT molecular complexity index is 559. The minimum absolute atomic E-state index is 0.0262. The quantitative estimate of drug-likeness (QED) is 0.730. The SMILES string of the molecule is COCC(CCO)NS(=O)(=O)c1ccc(F)c(F)c1F. The highest BCUT2D eigenvalue weighted by molar-refractivity contribution is 7.89. The molecule has 1 atom stereocenters. The molecule has 0 amide bonds. The molecule has 1 rings (SSSR count). The lowest BCUT2D eigenvalue weighted by Crippen LogP contribution is -2.39. The second kappa shape index (κ2) is 7.02. The van der Waals surface area contributed by atoms with Gasteiger partial charge < -0.3 is 9.84 Å². The van der Waals surface area contributed by atoms with Crippen LogP contribution in [0.1, 0.15) is 6.42 Å². The fourth-order valence-corrected chi connectivity index (χ4v) is 2.86. The van der Waals surface area contributed by atoms with E-state index in [4.69, 9.17) is 9.84 Å². The Balaban J connectivity index is 3.07. The fourth-order valence-electron chi connectivity index (χ4n) is 1.53. The summed E-state index contributed by atoms with van der Waals surface area (Å²) in [5.74, 6) is -5.14. The van der Waals surface area contributed by atoms with Crippen LogP contribution in [0.2, 0.25) is 0 Å². The predicted octanol–water partition coefficient (Wildman–Crippen LogP) is 0.780. The van der Waals surface area contributed by atoms with Gasteiger partial charge in [-0.25, -0.2) is 26.3 Å². The fraction of sp³-hybridized carbons (Fsp3) is 0.455. The molecule has 0 aromatic heterocycles. The number of hydrogen-bond donors (Lipinski definition) is 2. The van der Waals surface area contributed by atoms with Gasteiger partial charge in [0.15, 0.2) is 17.5 Å². The molecule has 2 N–H and O–H groups in total. The Labute approximate surface area is 114 Å². The smallest absolute Gasteiger partial charge is 0.243 e. The van der Waals surface area contributed by atoms with Gasteiger partial charge in [-0.3, -0.25) is 0 Å². The van der Waals surface area contributed by atoms with E-state index in [1.54, 1.807) is 0 Å². The van der Waals surface area contributed by atoms with Crippen molar-refractivity contribution in [2.24, 2.45) is 0 Å². The number of ether oxygens (including phenoxy) is 1. The number of benzene rings is 1. The molecule has 9 heteroatoms. The molecule has 0 fully saturated rings. The van der Waals surface area contributed by atoms with Gasteiger partial charge in [-0.05, 0) is 18.6 Å². The third-order valence-electron chi connectivity index (χ3n) is 2.46. The van der Waals surface area contributed by atoms with Crippen LogP contribution in [0.5, 0.6) is 0 Å². The Morgan fingerprint density at radius 1 is 1.30 bits per heavy atom. The highest BCUT2D eigenvalue weighted by atomic mass is 32.2. The maximum Gasteiger partial charge on any atom is 0.243 e. The Kier molecular flexibility index (Phi) is 5.93. The standard InChI is InChI=1S/C11H14F3NO4S/c1-19-6-7(4-5-16)15-20(17,18)9-3-2-8(12)10(13)11(9)14/h2-3,7,15-16H,4-6H2,1H3. The van der Waals surface area contributed by atoms with Crippen LogP contribution in [-0.2, 0) is 14.8 Å². The molecule has 0 aliphatic rings. The molecule has 0 saturated carbocycles. The average molecular weight is 313 g/mol. The second-order valence-electron chi connectivity index (χ2n) is 3.96. The third-order valence-corrected chi connectivity index (χ3v) is 3.99. The van der Waals surface area contributed by atoms with Crippen LogP contribution in [0, 0.1) is 17.5 Å². The highest BCUT2D eigenvalue weighted by Crippen LogP contribution is 2.20. The minimum atomic E-state index is -4.40. The summed E-state index contributed by atoms with van der Waals surface area (Å²) in [4.78, 5) is -1.00. The van der Waals surface area contributed by atoms with Gasteiger partial charge in [0, 0.05) is 19.8 Å². The number of hydrogen-bond acceptors (Lipinski definition) is 4. The maximum atomic E-state index is 13.5. The Hall–Kier alpha value is -1.16. The third kappa shape index (κ3) is 3.92. The summed E-state index contributed by atoms with van der Waals surface area (Å²) in [5.41, 5.74) is 0. The molecule has 1 unspecified atom stereocenters. The van der Waals surface area contributed by atoms with Crippen LogP contribution in [0.4, 0.5) is 13.2 Å². The molecule has 20 heavy (non-hydrogen) atoms. The molecule has 0 bridgehead atoms. The largest absolute Gasteiger partial charge is 0.396 e. The van der Waals surface area contributed by atoms with Crippen molar-refractivity contribution in [2.45, 2.75) is 17.4 Å². The topological polar surface area (TPSA) is 75.6 Å². The summed E-state index contributed by atoms with van der Waals surface area (Å²) in [5, 5.41) is 8.79. The molecule has 0 radical (unpaired) electrons. The zero-order valence-electron chi connectivity index (χ0n) is 10.6. The van der Waals surface area contributed by atoms with Gasteiger partial charge in [0.1, 0.15) is 4.90 Å². The number of aliphatic hydroxyl groups excluding tert-OH is 1. The molecule has 0 saturated heterocycles. The van der Waals surface area contributed by atoms with Crippen molar-refractivity contribution in [2.75, 3.05) is 20.3 Å². The predicted molar refractivity (Wildman–Crippen MR) is 64.0 cm³/mol. The van der Waals surface area contributed by atoms with E-state index in [0.29, 0.717) is 12.1 Å². The molecular weight excluding hydrogens is 299 g/mol. The van der Waals surface area contributed by atoms with Crippen molar-refractivity contribution in [3.8, 4) is 0 Å². The van der Waals surface area contributed by atoms with E-state index in [-0.39, 0.29) is 19.6 Å². The lowest BCUT2D eigenvalue weighted by Gasteiger charge is -2.17. The van der Waals surface area contributed by atoms with Crippen LogP contribution in [0.3, 0.4) is 0 Å². The number of nitrogens with one attached hydrogen (secondary N) is 1. The molecule has 0 spiro atoms. The first-order valence-electron chi connectivity index (χ1n) is 5.59. The average Bonchev–Trinajstić information content (AvgIpc) is 2.36. The maximum absolute atomic E-state index is 13.5. The van der Waals surface area contributed by atoms with Crippen LogP contribution >= 0.6 is 0 Å². The molecule has 1 aromatic carbocycles. The highest BCUT2D eigenvalue weighted by Gasteiger charge is 2.26. The molecule has 5 nitrogen and oxygen atoms in total. The van der Waals surface area contributed by atoms with Crippen LogP contribution < -0.4 is 4.72 Å². The molecule has 114 valence electrons. The number of rotatable bonds is 7. The van der Waals surface area contributed by atoms with E-state index >= 15 is 0 Å². The van der Waals surface area contributed by atoms with Crippen LogP contribution in [0.15, 0.2) is 17.0 Å². The summed E-state index contributed by atoms with van der Waals surface area (Å²) in [6, 6.07) is 0.325. The summed E-state index contributed by atoms with van der Waals surface area (Å²) in [6.07, 6.45) is 0.0262. The summed E-state index contributed by atoms with van der Waals surface area (Å²) in [7, 11) is -3.08. The first-order chi connectivity index (χ1) is 9.33. The van der Waals surface area contributed by atoms with E-state index < -0.39 is 38.4 Å². The number of aliphatic hydroxyl groups is 1. The van der Waals surface area contributed by atoms with Gasteiger partial charge in [-0.1, -0.05) is 0 Å². The molecule has 0 aliphatic carbocycles. The minimum Gasteiger partial charge on any atom is -0.396 e. The number of methoxy groups -OCH3 is 1. The van der Waals surface area contributed by atoms with Crippen LogP contribution in [0.25, 0.3) is 0 Å². The van der Waals surface area contributed by atoms with Gasteiger partial charge in [0.05, 0.1) is 6.61 Å². The van der Waals surface area contributed by atoms with E-state index in [1.807, 2.05) is 0 Å². The molecule has 0 aliphatic heterocycles. The van der Waals surface area contributed by atoms with Crippen molar-refractivity contribution in [1.29, 1.82) is 0 Å². The van der Waals surface area contributed by atoms with Gasteiger partial charge in [0.2, 0.25) is 10.0 Å². The number of halogens is 3. The van der Waals surface area contributed by atoms with Crippen molar-refractivity contribution in [3.63, 3.8) is 0 Å². The zero-order valence-corrected chi connectivity index (χ0v) is 11.4. The monoisotopic (exact) mass is 313 g/mol. The van der Waals surface area contributed by atoms with Gasteiger partial charge in [-0.2, -0.15) is 0 Å². The van der Waals surface area contributed by atoms with E-state index in [2.05, 4.69) is 4.72 Å². The zero-order chi connectivity index (χ0) is 15.3.